The van der Waals surface area contributed by atoms with Crippen LogP contribution in [0.5, 0.6) is 0 Å². The van der Waals surface area contributed by atoms with E-state index in [1.807, 2.05) is 4.90 Å². The Hall–Kier alpha value is -2.49. The Morgan fingerprint density at radius 1 is 0.448 bits per heavy atom. The van der Waals surface area contributed by atoms with Gasteiger partial charge in [0.2, 0.25) is 5.91 Å². The Kier molecular flexibility index (Phi) is 49.5. The van der Waals surface area contributed by atoms with Crippen LogP contribution < -0.4 is 0 Å². The molecule has 0 aliphatic heterocycles. The molecule has 1 unspecified atom stereocenters. The second-order valence-corrected chi connectivity index (χ2v) is 18.8. The quantitative estimate of drug-likeness (QED) is 0.0258. The minimum atomic E-state index is -0.473. The number of esters is 2. The van der Waals surface area contributed by atoms with Crippen LogP contribution in [0.2, 0.25) is 0 Å². The summed E-state index contributed by atoms with van der Waals surface area (Å²) >= 11 is 0. The van der Waals surface area contributed by atoms with E-state index in [0.29, 0.717) is 45.6 Å². The molecule has 0 heterocycles. The summed E-state index contributed by atoms with van der Waals surface area (Å²) < 4.78 is 24.1. The van der Waals surface area contributed by atoms with Crippen LogP contribution in [0.4, 0.5) is 0 Å². The van der Waals surface area contributed by atoms with E-state index < -0.39 is 6.29 Å². The molecular weight excluding hydrogens is 837 g/mol. The van der Waals surface area contributed by atoms with E-state index in [9.17, 15) is 14.4 Å². The molecule has 392 valence electrons. The smallest absolute Gasteiger partial charge is 0.305 e. The number of carbonyl (C=O) groups is 3. The Bertz CT molecular complexity index is 1160. The molecule has 0 fully saturated rings. The number of nitrogens with zero attached hydrogens (tertiary/aromatic N) is 2. The molecule has 0 bridgehead atoms. The zero-order chi connectivity index (χ0) is 49.1. The molecule has 0 aromatic rings. The Morgan fingerprint density at radius 3 is 1.37 bits per heavy atom. The molecule has 0 aromatic heterocycles. The molecule has 9 nitrogen and oxygen atoms in total. The van der Waals surface area contributed by atoms with Crippen LogP contribution in [0.1, 0.15) is 247 Å². The predicted molar refractivity (Wildman–Crippen MR) is 283 cm³/mol. The highest BCUT2D eigenvalue weighted by molar-refractivity contribution is 5.76. The van der Waals surface area contributed by atoms with Crippen molar-refractivity contribution in [1.29, 1.82) is 0 Å². The summed E-state index contributed by atoms with van der Waals surface area (Å²) in [5.74, 6) is -0.746. The van der Waals surface area contributed by atoms with Crippen LogP contribution in [-0.2, 0) is 33.3 Å². The van der Waals surface area contributed by atoms with Gasteiger partial charge in [0.15, 0.2) is 6.29 Å². The first-order chi connectivity index (χ1) is 32.8. The fraction of sp³-hybridized carbons (Fsp3) is 0.845. The van der Waals surface area contributed by atoms with Crippen LogP contribution in [0.15, 0.2) is 36.5 Å². The van der Waals surface area contributed by atoms with Gasteiger partial charge in [-0.2, -0.15) is 0 Å². The number of ether oxygens (including phenoxy) is 4. The fourth-order valence-corrected chi connectivity index (χ4v) is 8.11. The topological polar surface area (TPSA) is 94.6 Å². The number of amides is 1. The third-order valence-electron chi connectivity index (χ3n) is 12.5. The molecule has 0 rings (SSSR count). The molecule has 0 radical (unpaired) electrons. The van der Waals surface area contributed by atoms with Crippen molar-refractivity contribution in [3.63, 3.8) is 0 Å². The summed E-state index contributed by atoms with van der Waals surface area (Å²) in [6.45, 7) is 18.3. The minimum Gasteiger partial charge on any atom is -0.465 e. The molecule has 1 atom stereocenters. The van der Waals surface area contributed by atoms with Gasteiger partial charge < -0.3 is 28.7 Å². The standard InChI is InChI=1S/C58H108N2O7/c1-7-13-17-21-25-26-27-28-29-30-31-32-33-35-39-44-56(62)66-52-54(51-60(48-42-47-59(11-5)12-6)55(61)43-38-34-22-18-14-8-2)53-67-57(63)45-46-58(64-49-40-36-23-19-15-9-3)65-50-41-37-24-20-16-10-4/h15-16,19-20,28-29,54,58H,7-14,17-18,21-27,30-53H2,1-6H3/b19-15-,20-16-,29-28-. The largest absolute Gasteiger partial charge is 0.465 e. The van der Waals surface area contributed by atoms with Gasteiger partial charge in [0.1, 0.15) is 0 Å². The van der Waals surface area contributed by atoms with E-state index in [4.69, 9.17) is 18.9 Å². The van der Waals surface area contributed by atoms with E-state index in [1.165, 1.54) is 77.0 Å². The lowest BCUT2D eigenvalue weighted by Gasteiger charge is -2.29. The van der Waals surface area contributed by atoms with Crippen molar-refractivity contribution in [2.24, 2.45) is 5.92 Å². The van der Waals surface area contributed by atoms with Crippen molar-refractivity contribution < 1.29 is 33.3 Å². The summed E-state index contributed by atoms with van der Waals surface area (Å²) in [4.78, 5) is 44.5. The molecular formula is C58H108N2O7. The maximum absolute atomic E-state index is 13.8. The number of allylic oxidation sites excluding steroid dienone is 6. The molecule has 9 heteroatoms. The molecule has 0 saturated heterocycles. The van der Waals surface area contributed by atoms with Gasteiger partial charge in [-0.05, 0) is 116 Å². The summed E-state index contributed by atoms with van der Waals surface area (Å²) in [6.07, 6.45) is 45.9. The van der Waals surface area contributed by atoms with Crippen LogP contribution in [0.25, 0.3) is 0 Å². The zero-order valence-corrected chi connectivity index (χ0v) is 44.9. The second kappa shape index (κ2) is 51.4. The van der Waals surface area contributed by atoms with Gasteiger partial charge in [-0.3, -0.25) is 14.4 Å². The van der Waals surface area contributed by atoms with Gasteiger partial charge in [-0.1, -0.05) is 161 Å². The van der Waals surface area contributed by atoms with Gasteiger partial charge >= 0.3 is 11.9 Å². The lowest BCUT2D eigenvalue weighted by atomic mass is 10.1. The summed E-state index contributed by atoms with van der Waals surface area (Å²) in [7, 11) is 0. The third-order valence-corrected chi connectivity index (χ3v) is 12.5. The van der Waals surface area contributed by atoms with E-state index in [2.05, 4.69) is 82.9 Å². The number of hydrogen-bond donors (Lipinski definition) is 0. The van der Waals surface area contributed by atoms with Crippen molar-refractivity contribution in [3.8, 4) is 0 Å². The molecule has 0 aliphatic carbocycles. The number of hydrogen-bond acceptors (Lipinski definition) is 8. The SMILES string of the molecule is CC/C=C\CCCCOC(CCC(=O)OCC(COC(=O)CCCCCCC/C=C\CCCCCCCC)CN(CCCN(CC)CC)C(=O)CCCCCCCC)OCCCC/C=C\CC. The van der Waals surface area contributed by atoms with Crippen LogP contribution >= 0.6 is 0 Å². The van der Waals surface area contributed by atoms with Gasteiger partial charge in [0, 0.05) is 51.5 Å². The van der Waals surface area contributed by atoms with E-state index in [1.54, 1.807) is 0 Å². The highest BCUT2D eigenvalue weighted by Crippen LogP contribution is 2.16. The lowest BCUT2D eigenvalue weighted by Crippen LogP contribution is -2.40. The maximum Gasteiger partial charge on any atom is 0.305 e. The van der Waals surface area contributed by atoms with Crippen molar-refractivity contribution in [2.75, 3.05) is 59.2 Å². The van der Waals surface area contributed by atoms with Gasteiger partial charge in [0.25, 0.3) is 0 Å². The van der Waals surface area contributed by atoms with Crippen LogP contribution in [0.3, 0.4) is 0 Å². The predicted octanol–water partition coefficient (Wildman–Crippen LogP) is 15.5. The van der Waals surface area contributed by atoms with Crippen molar-refractivity contribution in [1.82, 2.24) is 9.80 Å². The summed E-state index contributed by atoms with van der Waals surface area (Å²) in [6, 6.07) is 0. The van der Waals surface area contributed by atoms with Gasteiger partial charge in [-0.15, -0.1) is 0 Å². The molecule has 0 saturated carbocycles. The average Bonchev–Trinajstić information content (AvgIpc) is 3.33. The van der Waals surface area contributed by atoms with Crippen molar-refractivity contribution in [2.45, 2.75) is 253 Å². The average molecular weight is 946 g/mol. The molecule has 0 N–H and O–H groups in total. The molecule has 67 heavy (non-hydrogen) atoms. The van der Waals surface area contributed by atoms with Crippen molar-refractivity contribution >= 4 is 17.8 Å². The second-order valence-electron chi connectivity index (χ2n) is 18.8. The first kappa shape index (κ1) is 64.5. The monoisotopic (exact) mass is 945 g/mol. The highest BCUT2D eigenvalue weighted by Gasteiger charge is 2.23. The highest BCUT2D eigenvalue weighted by atomic mass is 16.7. The fourth-order valence-electron chi connectivity index (χ4n) is 8.11. The molecule has 1 amide bonds. The Balaban J connectivity index is 5.47. The zero-order valence-electron chi connectivity index (χ0n) is 44.9. The minimum absolute atomic E-state index is 0.0826. The van der Waals surface area contributed by atoms with E-state index >= 15 is 0 Å². The normalized spacial score (nSPS) is 12.4. The Labute approximate surface area is 414 Å². The van der Waals surface area contributed by atoms with Crippen molar-refractivity contribution in [3.05, 3.63) is 36.5 Å². The van der Waals surface area contributed by atoms with Gasteiger partial charge in [-0.25, -0.2) is 0 Å². The van der Waals surface area contributed by atoms with E-state index in [0.717, 1.165) is 122 Å². The lowest BCUT2D eigenvalue weighted by molar-refractivity contribution is -0.161. The molecule has 0 aromatic carbocycles. The number of rotatable bonds is 51. The maximum atomic E-state index is 13.8. The first-order valence-electron chi connectivity index (χ1n) is 28.3. The molecule has 0 aliphatic rings. The summed E-state index contributed by atoms with van der Waals surface area (Å²) in [5.41, 5.74) is 0. The first-order valence-corrected chi connectivity index (χ1v) is 28.3. The number of carbonyl (C=O) groups excluding carboxylic acids is 3. The van der Waals surface area contributed by atoms with Crippen LogP contribution in [0, 0.1) is 5.92 Å². The van der Waals surface area contributed by atoms with Crippen LogP contribution in [-0.4, -0.2) is 93.1 Å². The van der Waals surface area contributed by atoms with Gasteiger partial charge in [0.05, 0.1) is 19.6 Å². The molecule has 0 spiro atoms. The number of unbranched alkanes of at least 4 members (excludes halogenated alkanes) is 20. The summed E-state index contributed by atoms with van der Waals surface area (Å²) in [5, 5.41) is 0. The third kappa shape index (κ3) is 44.5. The van der Waals surface area contributed by atoms with E-state index in [-0.39, 0.29) is 43.4 Å². The Morgan fingerprint density at radius 2 is 0.881 bits per heavy atom.